The van der Waals surface area contributed by atoms with Gasteiger partial charge in [0.15, 0.2) is 0 Å². The Morgan fingerprint density at radius 3 is 2.35 bits per heavy atom. The third-order valence-electron chi connectivity index (χ3n) is 3.28. The SMILES string of the molecule is CCCCC(CCCCO)C(C)C(=O)OCC. The van der Waals surface area contributed by atoms with Gasteiger partial charge in [-0.25, -0.2) is 0 Å². The molecule has 0 aromatic rings. The van der Waals surface area contributed by atoms with Crippen LogP contribution in [0, 0.1) is 11.8 Å². The van der Waals surface area contributed by atoms with Gasteiger partial charge in [0.1, 0.15) is 0 Å². The molecule has 0 radical (unpaired) electrons. The molecule has 0 aromatic heterocycles. The summed E-state index contributed by atoms with van der Waals surface area (Å²) in [5, 5.41) is 8.80. The zero-order valence-corrected chi connectivity index (χ0v) is 11.6. The summed E-state index contributed by atoms with van der Waals surface area (Å²) in [6.45, 7) is 6.68. The quantitative estimate of drug-likeness (QED) is 0.474. The fraction of sp³-hybridized carbons (Fsp3) is 0.929. The topological polar surface area (TPSA) is 46.5 Å². The molecule has 1 N–H and O–H groups in total. The van der Waals surface area contributed by atoms with Crippen LogP contribution in [0.2, 0.25) is 0 Å². The molecule has 3 heteroatoms. The summed E-state index contributed by atoms with van der Waals surface area (Å²) in [7, 11) is 0. The number of ether oxygens (including phenoxy) is 1. The van der Waals surface area contributed by atoms with Gasteiger partial charge in [-0.1, -0.05) is 33.1 Å². The van der Waals surface area contributed by atoms with Crippen molar-refractivity contribution < 1.29 is 14.6 Å². The van der Waals surface area contributed by atoms with Crippen LogP contribution >= 0.6 is 0 Å². The third kappa shape index (κ3) is 7.37. The molecule has 17 heavy (non-hydrogen) atoms. The molecule has 0 aromatic carbocycles. The average Bonchev–Trinajstić information content (AvgIpc) is 2.33. The minimum absolute atomic E-state index is 0.0137. The van der Waals surface area contributed by atoms with Crippen molar-refractivity contribution >= 4 is 5.97 Å². The molecule has 0 saturated carbocycles. The van der Waals surface area contributed by atoms with Crippen molar-refractivity contribution in [3.63, 3.8) is 0 Å². The highest BCUT2D eigenvalue weighted by Crippen LogP contribution is 2.25. The summed E-state index contributed by atoms with van der Waals surface area (Å²) in [5.74, 6) is 0.318. The molecule has 0 bridgehead atoms. The predicted molar refractivity (Wildman–Crippen MR) is 69.7 cm³/mol. The van der Waals surface area contributed by atoms with Gasteiger partial charge in [0.05, 0.1) is 12.5 Å². The van der Waals surface area contributed by atoms with E-state index in [1.165, 1.54) is 0 Å². The van der Waals surface area contributed by atoms with Crippen LogP contribution in [0.4, 0.5) is 0 Å². The van der Waals surface area contributed by atoms with E-state index in [0.29, 0.717) is 12.5 Å². The standard InChI is InChI=1S/C14H28O3/c1-4-6-9-13(10-7-8-11-15)12(3)14(16)17-5-2/h12-13,15H,4-11H2,1-3H3. The summed E-state index contributed by atoms with van der Waals surface area (Å²) in [4.78, 5) is 11.7. The van der Waals surface area contributed by atoms with Crippen LogP contribution in [0.15, 0.2) is 0 Å². The Morgan fingerprint density at radius 2 is 1.82 bits per heavy atom. The largest absolute Gasteiger partial charge is 0.466 e. The first kappa shape index (κ1) is 16.4. The summed E-state index contributed by atoms with van der Waals surface area (Å²) < 4.78 is 5.08. The molecule has 3 nitrogen and oxygen atoms in total. The number of unbranched alkanes of at least 4 members (excludes halogenated alkanes) is 2. The number of hydrogen-bond donors (Lipinski definition) is 1. The molecule has 2 atom stereocenters. The fourth-order valence-corrected chi connectivity index (χ4v) is 2.10. The van der Waals surface area contributed by atoms with E-state index in [1.54, 1.807) is 0 Å². The van der Waals surface area contributed by atoms with E-state index in [4.69, 9.17) is 9.84 Å². The molecule has 0 saturated heterocycles. The predicted octanol–water partition coefficient (Wildman–Crippen LogP) is 3.15. The fourth-order valence-electron chi connectivity index (χ4n) is 2.10. The Morgan fingerprint density at radius 1 is 1.18 bits per heavy atom. The molecule has 2 unspecified atom stereocenters. The van der Waals surface area contributed by atoms with Gasteiger partial charge in [-0.2, -0.15) is 0 Å². The molecule has 0 aliphatic heterocycles. The van der Waals surface area contributed by atoms with Crippen LogP contribution in [0.3, 0.4) is 0 Å². The van der Waals surface area contributed by atoms with E-state index < -0.39 is 0 Å². The number of aliphatic hydroxyl groups excluding tert-OH is 1. The first-order valence-corrected chi connectivity index (χ1v) is 6.94. The van der Waals surface area contributed by atoms with Crippen molar-refractivity contribution in [2.75, 3.05) is 13.2 Å². The van der Waals surface area contributed by atoms with Crippen molar-refractivity contribution in [3.8, 4) is 0 Å². The number of esters is 1. The molecule has 0 spiro atoms. The highest BCUT2D eigenvalue weighted by atomic mass is 16.5. The van der Waals surface area contributed by atoms with Gasteiger partial charge in [0.2, 0.25) is 0 Å². The number of carbonyl (C=O) groups is 1. The van der Waals surface area contributed by atoms with E-state index in [9.17, 15) is 4.79 Å². The van der Waals surface area contributed by atoms with Gasteiger partial charge < -0.3 is 9.84 Å². The smallest absolute Gasteiger partial charge is 0.308 e. The maximum Gasteiger partial charge on any atom is 0.308 e. The molecule has 0 amide bonds. The number of hydrogen-bond acceptors (Lipinski definition) is 3. The average molecular weight is 244 g/mol. The van der Waals surface area contributed by atoms with Crippen molar-refractivity contribution in [3.05, 3.63) is 0 Å². The zero-order chi connectivity index (χ0) is 13.1. The van der Waals surface area contributed by atoms with Gasteiger partial charge in [0, 0.05) is 6.61 Å². The summed E-state index contributed by atoms with van der Waals surface area (Å²) in [6, 6.07) is 0. The lowest BCUT2D eigenvalue weighted by Crippen LogP contribution is -2.23. The number of aliphatic hydroxyl groups is 1. The van der Waals surface area contributed by atoms with Gasteiger partial charge in [-0.05, 0) is 32.1 Å². The van der Waals surface area contributed by atoms with E-state index in [2.05, 4.69) is 6.92 Å². The molecular formula is C14H28O3. The molecule has 102 valence electrons. The lowest BCUT2D eigenvalue weighted by molar-refractivity contribution is -0.149. The van der Waals surface area contributed by atoms with E-state index in [0.717, 1.165) is 38.5 Å². The summed E-state index contributed by atoms with van der Waals surface area (Å²) in [6.07, 6.45) is 6.24. The van der Waals surface area contributed by atoms with Gasteiger partial charge in [-0.15, -0.1) is 0 Å². The van der Waals surface area contributed by atoms with Crippen LogP contribution in [0.5, 0.6) is 0 Å². The Hall–Kier alpha value is -0.570. The van der Waals surface area contributed by atoms with Gasteiger partial charge in [0.25, 0.3) is 0 Å². The minimum atomic E-state index is -0.0717. The van der Waals surface area contributed by atoms with E-state index >= 15 is 0 Å². The highest BCUT2D eigenvalue weighted by molar-refractivity contribution is 5.72. The number of rotatable bonds is 10. The second-order valence-electron chi connectivity index (χ2n) is 4.66. The van der Waals surface area contributed by atoms with Crippen LogP contribution in [-0.2, 0) is 9.53 Å². The van der Waals surface area contributed by atoms with Crippen molar-refractivity contribution in [2.24, 2.45) is 11.8 Å². The van der Waals surface area contributed by atoms with Crippen LogP contribution in [-0.4, -0.2) is 24.3 Å². The zero-order valence-electron chi connectivity index (χ0n) is 11.6. The van der Waals surface area contributed by atoms with Crippen LogP contribution in [0.25, 0.3) is 0 Å². The van der Waals surface area contributed by atoms with Gasteiger partial charge >= 0.3 is 5.97 Å². The Bertz CT molecular complexity index is 192. The molecule has 0 aliphatic rings. The van der Waals surface area contributed by atoms with E-state index in [-0.39, 0.29) is 18.5 Å². The molecule has 0 rings (SSSR count). The van der Waals surface area contributed by atoms with E-state index in [1.807, 2.05) is 13.8 Å². The lowest BCUT2D eigenvalue weighted by Gasteiger charge is -2.22. The minimum Gasteiger partial charge on any atom is -0.466 e. The monoisotopic (exact) mass is 244 g/mol. The second-order valence-corrected chi connectivity index (χ2v) is 4.66. The summed E-state index contributed by atoms with van der Waals surface area (Å²) in [5.41, 5.74) is 0. The Kier molecular flexibility index (Phi) is 10.2. The Balaban J connectivity index is 4.17. The van der Waals surface area contributed by atoms with Crippen molar-refractivity contribution in [1.29, 1.82) is 0 Å². The normalized spacial score (nSPS) is 14.4. The number of carbonyl (C=O) groups excluding carboxylic acids is 1. The van der Waals surface area contributed by atoms with Crippen LogP contribution in [0.1, 0.15) is 59.3 Å². The first-order valence-electron chi connectivity index (χ1n) is 6.94. The molecular weight excluding hydrogens is 216 g/mol. The first-order chi connectivity index (χ1) is 8.17. The highest BCUT2D eigenvalue weighted by Gasteiger charge is 2.24. The third-order valence-corrected chi connectivity index (χ3v) is 3.28. The molecule has 0 heterocycles. The maximum absolute atomic E-state index is 11.7. The van der Waals surface area contributed by atoms with Crippen LogP contribution < -0.4 is 0 Å². The Labute approximate surface area is 106 Å². The maximum atomic E-state index is 11.7. The second kappa shape index (κ2) is 10.6. The molecule has 0 fully saturated rings. The summed E-state index contributed by atoms with van der Waals surface area (Å²) >= 11 is 0. The van der Waals surface area contributed by atoms with Crippen molar-refractivity contribution in [2.45, 2.75) is 59.3 Å². The van der Waals surface area contributed by atoms with Gasteiger partial charge in [-0.3, -0.25) is 4.79 Å². The lowest BCUT2D eigenvalue weighted by atomic mass is 9.85. The van der Waals surface area contributed by atoms with Crippen molar-refractivity contribution in [1.82, 2.24) is 0 Å². The molecule has 0 aliphatic carbocycles.